The second-order valence-electron chi connectivity index (χ2n) is 6.97. The summed E-state index contributed by atoms with van der Waals surface area (Å²) in [4.78, 5) is -0.237. The van der Waals surface area contributed by atoms with Gasteiger partial charge in [-0.25, -0.2) is 16.8 Å². The van der Waals surface area contributed by atoms with Crippen molar-refractivity contribution in [2.75, 3.05) is 30.6 Å². The average Bonchev–Trinajstić information content (AvgIpc) is 2.76. The highest BCUT2D eigenvalue weighted by Crippen LogP contribution is 2.37. The second kappa shape index (κ2) is 11.9. The van der Waals surface area contributed by atoms with E-state index in [0.717, 1.165) is 12.1 Å². The molecule has 2 aromatic carbocycles. The van der Waals surface area contributed by atoms with Crippen LogP contribution in [0.2, 0.25) is 10.0 Å². The number of ether oxygens (including phenoxy) is 2. The van der Waals surface area contributed by atoms with Crippen LogP contribution < -0.4 is 9.47 Å². The monoisotopic (exact) mass is 560 g/mol. The normalized spacial score (nSPS) is 14.0. The van der Waals surface area contributed by atoms with Crippen molar-refractivity contribution in [2.24, 2.45) is 0 Å². The lowest BCUT2D eigenvalue weighted by Gasteiger charge is -2.15. The topological polar surface area (TPSA) is 127 Å². The Morgan fingerprint density at radius 2 is 1.42 bits per heavy atom. The Bertz CT molecular complexity index is 1130. The summed E-state index contributed by atoms with van der Waals surface area (Å²) in [6.45, 7) is 1.02. The summed E-state index contributed by atoms with van der Waals surface area (Å²) in [5.41, 5.74) is 0. The van der Waals surface area contributed by atoms with Crippen LogP contribution in [0.15, 0.2) is 46.2 Å². The van der Waals surface area contributed by atoms with E-state index in [0.29, 0.717) is 5.75 Å². The number of aliphatic hydroxyl groups excluding tert-OH is 2. The van der Waals surface area contributed by atoms with Gasteiger partial charge in [-0.05, 0) is 36.4 Å². The molecule has 13 heteroatoms. The van der Waals surface area contributed by atoms with Crippen LogP contribution in [0.25, 0.3) is 0 Å². The highest BCUT2D eigenvalue weighted by Gasteiger charge is 2.23. The van der Waals surface area contributed by atoms with Crippen LogP contribution in [-0.4, -0.2) is 69.9 Å². The van der Waals surface area contributed by atoms with Crippen LogP contribution in [0, 0.1) is 0 Å². The summed E-state index contributed by atoms with van der Waals surface area (Å²) in [5, 5.41) is 19.1. The van der Waals surface area contributed by atoms with Gasteiger partial charge in [0.25, 0.3) is 0 Å². The lowest BCUT2D eigenvalue weighted by molar-refractivity contribution is 0.125. The van der Waals surface area contributed by atoms with Crippen LogP contribution in [0.5, 0.6) is 11.5 Å². The van der Waals surface area contributed by atoms with Gasteiger partial charge in [0.2, 0.25) is 9.84 Å². The predicted octanol–water partition coefficient (Wildman–Crippen LogP) is 2.98. The van der Waals surface area contributed by atoms with E-state index >= 15 is 0 Å². The van der Waals surface area contributed by atoms with Crippen molar-refractivity contribution >= 4 is 54.5 Å². The highest BCUT2D eigenvalue weighted by atomic mass is 35.5. The molecule has 0 saturated carbocycles. The molecule has 0 spiro atoms. The zero-order chi connectivity index (χ0) is 24.8. The SMILES string of the molecule is CCS(=O)(=O)C[C@H](O)COc1c(Cl)cc(S(=O)(=O)c2ccc(OC[C@H](O)CCl)cc2)cc1Cl. The fraction of sp³-hybridized carbons (Fsp3) is 0.400. The van der Waals surface area contributed by atoms with Gasteiger partial charge in [-0.3, -0.25) is 0 Å². The number of halogens is 3. The summed E-state index contributed by atoms with van der Waals surface area (Å²) < 4.78 is 59.8. The molecule has 184 valence electrons. The van der Waals surface area contributed by atoms with Gasteiger partial charge in [0.15, 0.2) is 15.6 Å². The highest BCUT2D eigenvalue weighted by molar-refractivity contribution is 7.91. The van der Waals surface area contributed by atoms with Crippen molar-refractivity contribution in [2.45, 2.75) is 28.9 Å². The molecule has 0 unspecified atom stereocenters. The van der Waals surface area contributed by atoms with Crippen LogP contribution in [0.3, 0.4) is 0 Å². The third-order valence-electron chi connectivity index (χ3n) is 4.34. The Morgan fingerprint density at radius 1 is 0.879 bits per heavy atom. The van der Waals surface area contributed by atoms with Gasteiger partial charge in [-0.15, -0.1) is 11.6 Å². The molecule has 2 atom stereocenters. The van der Waals surface area contributed by atoms with E-state index in [1.807, 2.05) is 0 Å². The summed E-state index contributed by atoms with van der Waals surface area (Å²) >= 11 is 17.8. The van der Waals surface area contributed by atoms with Crippen molar-refractivity contribution in [3.63, 3.8) is 0 Å². The third-order valence-corrected chi connectivity index (χ3v) is 8.78. The molecular weight excluding hydrogens is 539 g/mol. The lowest BCUT2D eigenvalue weighted by Crippen LogP contribution is -2.28. The Morgan fingerprint density at radius 3 is 1.94 bits per heavy atom. The Kier molecular flexibility index (Phi) is 10.1. The molecule has 0 saturated heterocycles. The van der Waals surface area contributed by atoms with Gasteiger partial charge < -0.3 is 19.7 Å². The lowest BCUT2D eigenvalue weighted by atomic mass is 10.3. The molecule has 0 fully saturated rings. The average molecular weight is 562 g/mol. The van der Waals surface area contributed by atoms with Gasteiger partial charge in [0.1, 0.15) is 31.2 Å². The molecule has 2 N–H and O–H groups in total. The fourth-order valence-corrected chi connectivity index (χ4v) is 5.60. The minimum absolute atomic E-state index is 0.00446. The Labute approximate surface area is 207 Å². The second-order valence-corrected chi connectivity index (χ2v) is 12.4. The van der Waals surface area contributed by atoms with Gasteiger partial charge in [-0.1, -0.05) is 30.1 Å². The molecule has 0 radical (unpaired) electrons. The zero-order valence-corrected chi connectivity index (χ0v) is 21.3. The summed E-state index contributed by atoms with van der Waals surface area (Å²) in [7, 11) is -7.41. The van der Waals surface area contributed by atoms with Crippen LogP contribution in [0.1, 0.15) is 6.92 Å². The summed E-state index contributed by atoms with van der Waals surface area (Å²) in [5.74, 6) is -0.339. The first-order valence-corrected chi connectivity index (χ1v) is 14.2. The number of aliphatic hydroxyl groups is 2. The molecule has 0 aliphatic carbocycles. The van der Waals surface area contributed by atoms with E-state index in [2.05, 4.69) is 0 Å². The molecule has 33 heavy (non-hydrogen) atoms. The number of benzene rings is 2. The van der Waals surface area contributed by atoms with Crippen molar-refractivity contribution in [3.05, 3.63) is 46.4 Å². The molecule has 0 aromatic heterocycles. The van der Waals surface area contributed by atoms with E-state index in [1.165, 1.54) is 31.2 Å². The van der Waals surface area contributed by atoms with E-state index < -0.39 is 44.2 Å². The minimum atomic E-state index is -3.99. The first-order valence-electron chi connectivity index (χ1n) is 9.62. The maximum atomic E-state index is 13.0. The molecule has 0 heterocycles. The fourth-order valence-electron chi connectivity index (χ4n) is 2.56. The van der Waals surface area contributed by atoms with E-state index in [9.17, 15) is 27.0 Å². The number of sulfone groups is 2. The third kappa shape index (κ3) is 7.88. The minimum Gasteiger partial charge on any atom is -0.491 e. The van der Waals surface area contributed by atoms with E-state index in [-0.39, 0.29) is 43.8 Å². The molecule has 0 amide bonds. The van der Waals surface area contributed by atoms with Crippen LogP contribution in [0.4, 0.5) is 0 Å². The zero-order valence-electron chi connectivity index (χ0n) is 17.4. The standard InChI is InChI=1S/C20H23Cl3O8S2/c1-2-32(26,27)12-14(25)11-31-20-18(22)7-17(8-19(20)23)33(28,29)16-5-3-15(4-6-16)30-10-13(24)9-21/h3-8,13-14,24-25H,2,9-12H2,1H3/t13-,14-/m1/s1. The molecule has 0 aliphatic rings. The summed E-state index contributed by atoms with van der Waals surface area (Å²) in [6.07, 6.45) is -2.16. The van der Waals surface area contributed by atoms with Crippen molar-refractivity contribution in [1.29, 1.82) is 0 Å². The number of alkyl halides is 1. The molecule has 0 aliphatic heterocycles. The largest absolute Gasteiger partial charge is 0.491 e. The molecule has 2 aromatic rings. The van der Waals surface area contributed by atoms with Gasteiger partial charge in [0.05, 0.1) is 31.5 Å². The van der Waals surface area contributed by atoms with Gasteiger partial charge in [0, 0.05) is 5.75 Å². The first-order chi connectivity index (χ1) is 15.4. The van der Waals surface area contributed by atoms with Crippen molar-refractivity contribution in [3.8, 4) is 11.5 Å². The van der Waals surface area contributed by atoms with E-state index in [1.54, 1.807) is 0 Å². The maximum Gasteiger partial charge on any atom is 0.206 e. The Balaban J connectivity index is 2.17. The van der Waals surface area contributed by atoms with Gasteiger partial charge in [-0.2, -0.15) is 0 Å². The predicted molar refractivity (Wildman–Crippen MR) is 126 cm³/mol. The molecular formula is C20H23Cl3O8S2. The smallest absolute Gasteiger partial charge is 0.206 e. The maximum absolute atomic E-state index is 13.0. The first kappa shape index (κ1) is 28.0. The summed E-state index contributed by atoms with van der Waals surface area (Å²) in [6, 6.07) is 7.81. The quantitative estimate of drug-likeness (QED) is 0.379. The van der Waals surface area contributed by atoms with Crippen molar-refractivity contribution < 1.29 is 36.5 Å². The van der Waals surface area contributed by atoms with Gasteiger partial charge >= 0.3 is 0 Å². The molecule has 0 bridgehead atoms. The van der Waals surface area contributed by atoms with E-state index in [4.69, 9.17) is 44.3 Å². The number of rotatable bonds is 12. The molecule has 2 rings (SSSR count). The van der Waals surface area contributed by atoms with Crippen LogP contribution >= 0.6 is 34.8 Å². The van der Waals surface area contributed by atoms with Crippen molar-refractivity contribution in [1.82, 2.24) is 0 Å². The number of hydrogen-bond acceptors (Lipinski definition) is 8. The number of hydrogen-bond donors (Lipinski definition) is 2. The Hall–Kier alpha value is -1.27. The van der Waals surface area contributed by atoms with Crippen LogP contribution in [-0.2, 0) is 19.7 Å². The molecule has 8 nitrogen and oxygen atoms in total.